The third-order valence-electron chi connectivity index (χ3n) is 7.75. The van der Waals surface area contributed by atoms with E-state index in [1.807, 2.05) is 42.5 Å². The van der Waals surface area contributed by atoms with E-state index < -0.39 is 66.5 Å². The molecule has 3 aromatic carbocycles. The van der Waals surface area contributed by atoms with E-state index in [1.54, 1.807) is 36.4 Å². The minimum absolute atomic E-state index is 0. The zero-order valence-electron chi connectivity index (χ0n) is 27.1. The molecule has 0 unspecified atom stereocenters. The predicted octanol–water partition coefficient (Wildman–Crippen LogP) is -3.22. The molecule has 50 heavy (non-hydrogen) atoms. The number of carboxylic acid groups (broad SMARTS) is 1. The number of aliphatic hydroxyl groups excluding tert-OH is 3. The first kappa shape index (κ1) is 37.9. The van der Waals surface area contributed by atoms with Gasteiger partial charge in [0.25, 0.3) is 5.91 Å². The van der Waals surface area contributed by atoms with E-state index in [-0.39, 0.29) is 41.8 Å². The Bertz CT molecular complexity index is 1850. The largest absolute Gasteiger partial charge is 1.00 e. The molecule has 0 spiro atoms. The Balaban J connectivity index is 0.00000562. The first-order valence-corrected chi connectivity index (χ1v) is 15.1. The average molecular weight is 693 g/mol. The number of hydrogen-bond acceptors (Lipinski definition) is 11. The van der Waals surface area contributed by atoms with Crippen LogP contribution in [0.4, 0.5) is 5.69 Å². The summed E-state index contributed by atoms with van der Waals surface area (Å²) in [5.74, 6) is -3.95. The predicted molar refractivity (Wildman–Crippen MR) is 172 cm³/mol. The number of para-hydroxylation sites is 1. The van der Waals surface area contributed by atoms with Crippen LogP contribution in [0.3, 0.4) is 0 Å². The normalized spacial score (nSPS) is 17.9. The molecule has 15 nitrogen and oxygen atoms in total. The average Bonchev–Trinajstić information content (AvgIpc) is 3.60. The number of carboxylic acids is 1. The molecule has 0 saturated carbocycles. The van der Waals surface area contributed by atoms with Gasteiger partial charge in [0.15, 0.2) is 0 Å². The number of nitrogens with zero attached hydrogens (tertiary/aromatic N) is 3. The van der Waals surface area contributed by atoms with Crippen LogP contribution in [0.15, 0.2) is 96.9 Å². The fourth-order valence-electron chi connectivity index (χ4n) is 5.34. The van der Waals surface area contributed by atoms with Crippen LogP contribution in [-0.2, 0) is 19.1 Å². The minimum Gasteiger partial charge on any atom is -0.542 e. The number of rotatable bonds is 12. The van der Waals surface area contributed by atoms with Gasteiger partial charge in [0, 0.05) is 18.1 Å². The second kappa shape index (κ2) is 17.2. The van der Waals surface area contributed by atoms with E-state index >= 15 is 0 Å². The summed E-state index contributed by atoms with van der Waals surface area (Å²) in [6.45, 7) is -0.0119. The van der Waals surface area contributed by atoms with Gasteiger partial charge in [-0.05, 0) is 35.4 Å². The van der Waals surface area contributed by atoms with Crippen LogP contribution in [0.5, 0.6) is 0 Å². The van der Waals surface area contributed by atoms with Crippen molar-refractivity contribution in [2.45, 2.75) is 37.3 Å². The summed E-state index contributed by atoms with van der Waals surface area (Å²) in [5, 5.41) is 58.1. The first-order chi connectivity index (χ1) is 23.5. The smallest absolute Gasteiger partial charge is 0.542 e. The number of aromatic nitrogens is 3. The third kappa shape index (κ3) is 9.01. The number of amides is 3. The summed E-state index contributed by atoms with van der Waals surface area (Å²) in [6.07, 6.45) is -2.55. The zero-order chi connectivity index (χ0) is 35.1. The molecule has 1 aliphatic heterocycles. The Morgan fingerprint density at radius 3 is 2.28 bits per heavy atom. The minimum atomic E-state index is -1.82. The number of ether oxygens (including phenoxy) is 1. The fourth-order valence-corrected chi connectivity index (χ4v) is 5.34. The number of benzene rings is 3. The monoisotopic (exact) mass is 692 g/mol. The Labute approximate surface area is 308 Å². The molecule has 0 saturated heterocycles. The molecular weight excluding hydrogens is 659 g/mol. The van der Waals surface area contributed by atoms with Gasteiger partial charge >= 0.3 is 29.6 Å². The second-order valence-corrected chi connectivity index (χ2v) is 11.2. The van der Waals surface area contributed by atoms with Crippen LogP contribution in [0.1, 0.15) is 23.3 Å². The van der Waals surface area contributed by atoms with Gasteiger partial charge in [-0.3, -0.25) is 14.4 Å². The summed E-state index contributed by atoms with van der Waals surface area (Å²) in [4.78, 5) is 49.5. The quantitative estimate of drug-likeness (QED) is 0.0810. The Hall–Kier alpha value is -4.90. The van der Waals surface area contributed by atoms with Gasteiger partial charge in [-0.1, -0.05) is 65.9 Å². The molecule has 16 heteroatoms. The van der Waals surface area contributed by atoms with Crippen LogP contribution in [-0.4, -0.2) is 91.5 Å². The molecule has 3 amide bonds. The molecule has 0 radical (unpaired) electrons. The van der Waals surface area contributed by atoms with E-state index in [4.69, 9.17) is 4.74 Å². The molecule has 0 aliphatic carbocycles. The van der Waals surface area contributed by atoms with Crippen molar-refractivity contribution >= 4 is 29.4 Å². The fraction of sp³-hybridized carbons (Fsp3) is 0.235. The number of nitrogens with one attached hydrogen (secondary N) is 3. The van der Waals surface area contributed by atoms with E-state index in [1.165, 1.54) is 17.8 Å². The number of hydrogen-bond donors (Lipinski definition) is 6. The van der Waals surface area contributed by atoms with Crippen molar-refractivity contribution in [3.8, 4) is 22.4 Å². The molecule has 5 atom stereocenters. The second-order valence-electron chi connectivity index (χ2n) is 11.2. The molecule has 5 rings (SSSR count). The van der Waals surface area contributed by atoms with Crippen molar-refractivity contribution in [3.05, 3.63) is 102 Å². The zero-order valence-corrected chi connectivity index (χ0v) is 29.1. The van der Waals surface area contributed by atoms with Gasteiger partial charge in [0.2, 0.25) is 11.8 Å². The molecular formula is C34H33N6NaO9. The van der Waals surface area contributed by atoms with E-state index in [9.17, 15) is 39.6 Å². The summed E-state index contributed by atoms with van der Waals surface area (Å²) in [7, 11) is 0. The SMILES string of the molecule is CC(=O)N[C@H]1[C@H]([C@H](O)[C@H](O)CO)OC(C(=O)[O-])=C[C@@H]1n1cc(-c2ccccc2NC(=O)CNC(=O)c2ccc(-c3ccccc3)cc2)nn1.[Na+]. The van der Waals surface area contributed by atoms with Gasteiger partial charge in [0.1, 0.15) is 35.7 Å². The maximum Gasteiger partial charge on any atom is 1.00 e. The summed E-state index contributed by atoms with van der Waals surface area (Å²) in [6, 6.07) is 21.0. The van der Waals surface area contributed by atoms with Crippen molar-refractivity contribution in [1.82, 2.24) is 25.6 Å². The molecule has 0 fully saturated rings. The van der Waals surface area contributed by atoms with Gasteiger partial charge < -0.3 is 45.9 Å². The van der Waals surface area contributed by atoms with Crippen molar-refractivity contribution < 1.29 is 73.9 Å². The van der Waals surface area contributed by atoms with E-state index in [0.29, 0.717) is 16.8 Å². The standard InChI is InChI=1S/C34H34N6O9.Na/c1-19(42)36-30-26(15-28(34(47)48)49-32(30)31(45)27(43)18-41)40-17-25(38-39-40)23-9-5-6-10-24(23)37-29(44)16-35-33(46)22-13-11-21(12-14-22)20-7-3-2-4-8-20;/h2-15,17,26-27,30-32,41,43,45H,16,18H2,1H3,(H,35,46)(H,36,42)(H,37,44)(H,47,48);/q;+1/p-1/t26-,27+,30+,31+,32+;/m0./s1. The molecule has 6 N–H and O–H groups in total. The molecule has 1 aliphatic rings. The van der Waals surface area contributed by atoms with Crippen LogP contribution in [0.2, 0.25) is 0 Å². The summed E-state index contributed by atoms with van der Waals surface area (Å²) in [5.41, 5.74) is 3.32. The van der Waals surface area contributed by atoms with Crippen LogP contribution < -0.4 is 50.6 Å². The summed E-state index contributed by atoms with van der Waals surface area (Å²) < 4.78 is 6.58. The maximum absolute atomic E-state index is 12.9. The van der Waals surface area contributed by atoms with Crippen LogP contribution in [0.25, 0.3) is 22.4 Å². The summed E-state index contributed by atoms with van der Waals surface area (Å²) >= 11 is 0. The molecule has 254 valence electrons. The molecule has 0 bridgehead atoms. The van der Waals surface area contributed by atoms with Crippen molar-refractivity contribution in [3.63, 3.8) is 0 Å². The van der Waals surface area contributed by atoms with Crippen molar-refractivity contribution in [2.75, 3.05) is 18.5 Å². The van der Waals surface area contributed by atoms with Crippen molar-refractivity contribution in [1.29, 1.82) is 0 Å². The van der Waals surface area contributed by atoms with Crippen molar-refractivity contribution in [2.24, 2.45) is 0 Å². The number of aliphatic carboxylic acids is 1. The van der Waals surface area contributed by atoms with Gasteiger partial charge in [0.05, 0.1) is 37.1 Å². The van der Waals surface area contributed by atoms with E-state index in [2.05, 4.69) is 26.3 Å². The van der Waals surface area contributed by atoms with Crippen LogP contribution in [0, 0.1) is 0 Å². The third-order valence-corrected chi connectivity index (χ3v) is 7.75. The molecule has 4 aromatic rings. The van der Waals surface area contributed by atoms with Gasteiger partial charge in [-0.15, -0.1) is 5.10 Å². The topological polar surface area (TPSA) is 228 Å². The Morgan fingerprint density at radius 2 is 1.62 bits per heavy atom. The van der Waals surface area contributed by atoms with Crippen LogP contribution >= 0.6 is 0 Å². The Kier molecular flexibility index (Phi) is 13.0. The molecule has 2 heterocycles. The van der Waals surface area contributed by atoms with Gasteiger partial charge in [-0.25, -0.2) is 4.68 Å². The Morgan fingerprint density at radius 1 is 0.960 bits per heavy atom. The van der Waals surface area contributed by atoms with E-state index in [0.717, 1.165) is 17.2 Å². The maximum atomic E-state index is 12.9. The number of carbonyl (C=O) groups is 4. The first-order valence-electron chi connectivity index (χ1n) is 15.1. The number of anilines is 1. The number of aliphatic hydroxyl groups is 3. The van der Waals surface area contributed by atoms with Gasteiger partial charge in [-0.2, -0.15) is 0 Å². The number of carbonyl (C=O) groups excluding carboxylic acids is 4. The molecule has 1 aromatic heterocycles.